The quantitative estimate of drug-likeness (QED) is 0.270. The Morgan fingerprint density at radius 1 is 0.946 bits per heavy atom. The number of fused-ring (bicyclic) bond motifs is 2. The highest BCUT2D eigenvalue weighted by molar-refractivity contribution is 7.13. The van der Waals surface area contributed by atoms with Gasteiger partial charge in [-0.3, -0.25) is 9.20 Å². The Balaban J connectivity index is 1.62. The van der Waals surface area contributed by atoms with Crippen molar-refractivity contribution < 1.29 is 5.11 Å². The van der Waals surface area contributed by atoms with Crippen molar-refractivity contribution in [2.75, 3.05) is 0 Å². The maximum absolute atomic E-state index is 13.5. The third kappa shape index (κ3) is 3.84. The minimum Gasteiger partial charge on any atom is -0.494 e. The fraction of sp³-hybridized carbons (Fsp3) is 0.100. The van der Waals surface area contributed by atoms with Crippen LogP contribution >= 0.6 is 11.3 Å². The molecular weight excluding hydrogens is 480 g/mol. The lowest BCUT2D eigenvalue weighted by molar-refractivity contribution is 0.436. The molecule has 0 saturated carbocycles. The highest BCUT2D eigenvalue weighted by atomic mass is 32.1. The number of hydrogen-bond donors (Lipinski definition) is 1. The van der Waals surface area contributed by atoms with E-state index in [-0.39, 0.29) is 11.4 Å². The van der Waals surface area contributed by atoms with Gasteiger partial charge in [-0.05, 0) is 67.6 Å². The van der Waals surface area contributed by atoms with Crippen LogP contribution in [0.5, 0.6) is 5.88 Å². The van der Waals surface area contributed by atoms with E-state index >= 15 is 0 Å². The first-order valence-corrected chi connectivity index (χ1v) is 12.8. The van der Waals surface area contributed by atoms with Gasteiger partial charge in [0, 0.05) is 23.2 Å². The van der Waals surface area contributed by atoms with E-state index in [1.807, 2.05) is 97.4 Å². The zero-order valence-electron chi connectivity index (χ0n) is 20.6. The summed E-state index contributed by atoms with van der Waals surface area (Å²) in [5.41, 5.74) is 5.48. The Kier molecular flexibility index (Phi) is 5.50. The summed E-state index contributed by atoms with van der Waals surface area (Å²) in [4.78, 5) is 24.3. The third-order valence-electron chi connectivity index (χ3n) is 6.52. The molecule has 37 heavy (non-hydrogen) atoms. The molecule has 0 spiro atoms. The van der Waals surface area contributed by atoms with Crippen LogP contribution in [0.3, 0.4) is 0 Å². The number of hydrogen-bond acceptors (Lipinski definition) is 5. The van der Waals surface area contributed by atoms with E-state index in [0.29, 0.717) is 27.8 Å². The summed E-state index contributed by atoms with van der Waals surface area (Å²) >= 11 is 1.60. The summed E-state index contributed by atoms with van der Waals surface area (Å²) < 4.78 is 3.31. The molecule has 0 fully saturated rings. The Hall–Kier alpha value is -4.49. The molecule has 0 atom stereocenters. The zero-order valence-corrected chi connectivity index (χ0v) is 21.5. The number of aromatic nitrogens is 3. The summed E-state index contributed by atoms with van der Waals surface area (Å²) in [6, 6.07) is 21.1. The molecule has 6 aromatic rings. The zero-order chi connectivity index (χ0) is 25.7. The minimum absolute atomic E-state index is 0.151. The topological polar surface area (TPSA) is 71.9 Å². The number of nitrogens with zero attached hydrogens (tertiary/aromatic N) is 4. The van der Waals surface area contributed by atoms with E-state index in [0.717, 1.165) is 32.9 Å². The number of benzene rings is 2. The molecule has 0 aliphatic carbocycles. The Morgan fingerprint density at radius 3 is 2.49 bits per heavy atom. The van der Waals surface area contributed by atoms with Crippen molar-refractivity contribution in [1.29, 1.82) is 0 Å². The first kappa shape index (κ1) is 22.9. The van der Waals surface area contributed by atoms with Crippen molar-refractivity contribution in [3.05, 3.63) is 111 Å². The fourth-order valence-corrected chi connectivity index (χ4v) is 5.44. The summed E-state index contributed by atoms with van der Waals surface area (Å²) in [6.07, 6.45) is 3.59. The maximum atomic E-state index is 13.5. The van der Waals surface area contributed by atoms with Gasteiger partial charge < -0.3 is 5.11 Å². The molecule has 1 N–H and O–H groups in total. The normalized spacial score (nSPS) is 11.8. The summed E-state index contributed by atoms with van der Waals surface area (Å²) in [5, 5.41) is 14.7. The van der Waals surface area contributed by atoms with Crippen LogP contribution in [-0.2, 0) is 0 Å². The maximum Gasteiger partial charge on any atom is 0.265 e. The van der Waals surface area contributed by atoms with E-state index < -0.39 is 0 Å². The van der Waals surface area contributed by atoms with Gasteiger partial charge in [0.05, 0.1) is 16.1 Å². The second-order valence-electron chi connectivity index (χ2n) is 9.17. The molecule has 0 bridgehead atoms. The van der Waals surface area contributed by atoms with Crippen molar-refractivity contribution in [2.24, 2.45) is 4.99 Å². The van der Waals surface area contributed by atoms with Crippen LogP contribution in [0.1, 0.15) is 22.3 Å². The van der Waals surface area contributed by atoms with Crippen molar-refractivity contribution in [3.8, 4) is 22.1 Å². The smallest absolute Gasteiger partial charge is 0.265 e. The van der Waals surface area contributed by atoms with E-state index in [2.05, 4.69) is 0 Å². The number of rotatable bonds is 4. The molecular formula is C30H24N4O2S. The van der Waals surface area contributed by atoms with Gasteiger partial charge >= 0.3 is 0 Å². The van der Waals surface area contributed by atoms with Crippen molar-refractivity contribution in [1.82, 2.24) is 14.0 Å². The van der Waals surface area contributed by atoms with Crippen molar-refractivity contribution in [2.45, 2.75) is 20.8 Å². The van der Waals surface area contributed by atoms with Gasteiger partial charge in [0.25, 0.3) is 5.56 Å². The molecule has 6 rings (SSSR count). The van der Waals surface area contributed by atoms with Crippen molar-refractivity contribution >= 4 is 39.8 Å². The number of aliphatic imine (C=N–C) groups is 1. The van der Waals surface area contributed by atoms with Crippen LogP contribution < -0.4 is 5.56 Å². The van der Waals surface area contributed by atoms with Crippen LogP contribution in [0.15, 0.2) is 88.1 Å². The van der Waals surface area contributed by atoms with Gasteiger partial charge in [-0.1, -0.05) is 42.0 Å². The molecule has 2 aromatic carbocycles. The summed E-state index contributed by atoms with van der Waals surface area (Å²) in [5.74, 6) is 0.506. The monoisotopic (exact) mass is 504 g/mol. The highest BCUT2D eigenvalue weighted by Crippen LogP contribution is 2.35. The predicted molar refractivity (Wildman–Crippen MR) is 151 cm³/mol. The second kappa shape index (κ2) is 8.87. The van der Waals surface area contributed by atoms with Crippen LogP contribution in [0.25, 0.3) is 32.7 Å². The first-order chi connectivity index (χ1) is 17.9. The van der Waals surface area contributed by atoms with Gasteiger partial charge in [-0.15, -0.1) is 11.3 Å². The lowest BCUT2D eigenvalue weighted by Gasteiger charge is -2.16. The molecule has 0 unspecified atom stereocenters. The molecule has 6 nitrogen and oxygen atoms in total. The predicted octanol–water partition coefficient (Wildman–Crippen LogP) is 6.75. The van der Waals surface area contributed by atoms with Gasteiger partial charge in [-0.2, -0.15) is 0 Å². The number of aromatic hydroxyl groups is 1. The standard InChI is InChI=1S/C30H24N4O2S/c1-18-10-11-24(20(3)15-18)34-29(35)22-8-5-4-7-21(22)23(30(34)36)17-31-28-27(25-9-6-14-37-25)32-26-16-19(2)12-13-33(26)28/h4-17,36H,1-3H3. The Labute approximate surface area is 217 Å². The Morgan fingerprint density at radius 2 is 1.73 bits per heavy atom. The molecule has 0 aliphatic rings. The van der Waals surface area contributed by atoms with E-state index in [1.165, 1.54) is 4.57 Å². The number of pyridine rings is 2. The molecule has 182 valence electrons. The summed E-state index contributed by atoms with van der Waals surface area (Å²) in [7, 11) is 0. The molecule has 0 amide bonds. The highest BCUT2D eigenvalue weighted by Gasteiger charge is 2.19. The van der Waals surface area contributed by atoms with Crippen LogP contribution in [0, 0.1) is 20.8 Å². The van der Waals surface area contributed by atoms with Crippen LogP contribution in [-0.4, -0.2) is 25.3 Å². The molecule has 7 heteroatoms. The van der Waals surface area contributed by atoms with Gasteiger partial charge in [0.1, 0.15) is 11.3 Å². The number of imidazole rings is 1. The molecule has 0 saturated heterocycles. The van der Waals surface area contributed by atoms with Crippen molar-refractivity contribution in [3.63, 3.8) is 0 Å². The second-order valence-corrected chi connectivity index (χ2v) is 10.1. The van der Waals surface area contributed by atoms with Gasteiger partial charge in [0.2, 0.25) is 5.88 Å². The number of aryl methyl sites for hydroxylation is 3. The van der Waals surface area contributed by atoms with Gasteiger partial charge in [-0.25, -0.2) is 14.5 Å². The minimum atomic E-state index is -0.276. The average molecular weight is 505 g/mol. The number of thiophene rings is 1. The molecule has 0 aliphatic heterocycles. The lowest BCUT2D eigenvalue weighted by Crippen LogP contribution is -2.21. The fourth-order valence-electron chi connectivity index (χ4n) is 4.73. The van der Waals surface area contributed by atoms with Crippen LogP contribution in [0.2, 0.25) is 0 Å². The van der Waals surface area contributed by atoms with Crippen LogP contribution in [0.4, 0.5) is 5.82 Å². The summed E-state index contributed by atoms with van der Waals surface area (Å²) in [6.45, 7) is 5.97. The third-order valence-corrected chi connectivity index (χ3v) is 7.40. The van der Waals surface area contributed by atoms with E-state index in [9.17, 15) is 9.90 Å². The van der Waals surface area contributed by atoms with E-state index in [4.69, 9.17) is 9.98 Å². The van der Waals surface area contributed by atoms with Gasteiger partial charge in [0.15, 0.2) is 5.82 Å². The molecule has 4 heterocycles. The lowest BCUT2D eigenvalue weighted by atomic mass is 10.1. The molecule has 4 aromatic heterocycles. The largest absolute Gasteiger partial charge is 0.494 e. The molecule has 0 radical (unpaired) electrons. The van der Waals surface area contributed by atoms with E-state index in [1.54, 1.807) is 23.6 Å². The SMILES string of the molecule is Cc1ccc(-n2c(O)c(C=Nc3c(-c4cccs4)nc4cc(C)ccn34)c3ccccc3c2=O)c(C)c1. The Bertz CT molecular complexity index is 1900. The first-order valence-electron chi connectivity index (χ1n) is 11.9. The average Bonchev–Trinajstić information content (AvgIpc) is 3.53.